The van der Waals surface area contributed by atoms with Crippen LogP contribution in [0.3, 0.4) is 0 Å². The molecule has 5 heteroatoms. The van der Waals surface area contributed by atoms with E-state index in [1.54, 1.807) is 30.3 Å². The smallest absolute Gasteiger partial charge is 0.266 e. The predicted molar refractivity (Wildman–Crippen MR) is 89.9 cm³/mol. The quantitative estimate of drug-likeness (QED) is 0.646. The second-order valence-corrected chi connectivity index (χ2v) is 5.42. The molecule has 0 spiro atoms. The first-order valence-corrected chi connectivity index (χ1v) is 7.20. The van der Waals surface area contributed by atoms with E-state index in [4.69, 9.17) is 23.2 Å². The number of nitriles is 1. The third-order valence-electron chi connectivity index (χ3n) is 2.96. The Hall–Kier alpha value is -2.28. The number of benzene rings is 2. The van der Waals surface area contributed by atoms with Gasteiger partial charge in [0.05, 0.1) is 10.0 Å². The maximum Gasteiger partial charge on any atom is 0.266 e. The molecule has 0 saturated carbocycles. The summed E-state index contributed by atoms with van der Waals surface area (Å²) in [7, 11) is 0. The topological polar surface area (TPSA) is 52.9 Å². The van der Waals surface area contributed by atoms with Gasteiger partial charge in [0.25, 0.3) is 5.91 Å². The molecular weight excluding hydrogens is 319 g/mol. The molecule has 0 aliphatic rings. The Morgan fingerprint density at radius 1 is 1.18 bits per heavy atom. The van der Waals surface area contributed by atoms with E-state index in [2.05, 4.69) is 5.32 Å². The van der Waals surface area contributed by atoms with Crippen molar-refractivity contribution in [2.75, 3.05) is 5.32 Å². The van der Waals surface area contributed by atoms with E-state index in [0.29, 0.717) is 21.3 Å². The van der Waals surface area contributed by atoms with Crippen molar-refractivity contribution in [2.45, 2.75) is 6.92 Å². The molecule has 0 fully saturated rings. The van der Waals surface area contributed by atoms with Crippen molar-refractivity contribution < 1.29 is 4.79 Å². The summed E-state index contributed by atoms with van der Waals surface area (Å²) in [6.45, 7) is 1.95. The number of anilines is 1. The van der Waals surface area contributed by atoms with Gasteiger partial charge in [-0.05, 0) is 36.8 Å². The SMILES string of the molecule is Cc1ccc(NC(=O)C(C#N)=Cc2cccc(Cl)c2Cl)cc1. The minimum Gasteiger partial charge on any atom is -0.321 e. The number of nitrogens with one attached hydrogen (secondary N) is 1. The van der Waals surface area contributed by atoms with Gasteiger partial charge in [0.15, 0.2) is 0 Å². The van der Waals surface area contributed by atoms with Gasteiger partial charge in [-0.25, -0.2) is 0 Å². The number of hydrogen-bond acceptors (Lipinski definition) is 2. The normalized spacial score (nSPS) is 10.9. The fraction of sp³-hybridized carbons (Fsp3) is 0.0588. The molecule has 0 aromatic heterocycles. The first-order chi connectivity index (χ1) is 10.5. The standard InChI is InChI=1S/C17H12Cl2N2O/c1-11-5-7-14(8-6-11)21-17(22)13(10-20)9-12-3-2-4-15(18)16(12)19/h2-9H,1H3,(H,21,22). The van der Waals surface area contributed by atoms with Gasteiger partial charge in [-0.2, -0.15) is 5.26 Å². The number of amides is 1. The van der Waals surface area contributed by atoms with Crippen LogP contribution in [0, 0.1) is 18.3 Å². The highest BCUT2D eigenvalue weighted by Gasteiger charge is 2.11. The van der Waals surface area contributed by atoms with Gasteiger partial charge in [0.1, 0.15) is 11.6 Å². The predicted octanol–water partition coefficient (Wildman–Crippen LogP) is 4.85. The highest BCUT2D eigenvalue weighted by molar-refractivity contribution is 6.43. The maximum absolute atomic E-state index is 12.2. The summed E-state index contributed by atoms with van der Waals surface area (Å²) < 4.78 is 0. The number of aryl methyl sites for hydroxylation is 1. The van der Waals surface area contributed by atoms with Gasteiger partial charge in [0.2, 0.25) is 0 Å². The molecule has 1 amide bonds. The summed E-state index contributed by atoms with van der Waals surface area (Å²) in [5.41, 5.74) is 2.17. The second-order valence-electron chi connectivity index (χ2n) is 4.63. The van der Waals surface area contributed by atoms with Crippen LogP contribution in [0.5, 0.6) is 0 Å². The zero-order valence-electron chi connectivity index (χ0n) is 11.7. The largest absolute Gasteiger partial charge is 0.321 e. The fourth-order valence-corrected chi connectivity index (χ4v) is 2.13. The number of hydrogen-bond donors (Lipinski definition) is 1. The fourth-order valence-electron chi connectivity index (χ4n) is 1.77. The van der Waals surface area contributed by atoms with Crippen LogP contribution < -0.4 is 5.32 Å². The van der Waals surface area contributed by atoms with Gasteiger partial charge in [-0.15, -0.1) is 0 Å². The summed E-state index contributed by atoms with van der Waals surface area (Å²) in [6.07, 6.45) is 1.41. The molecule has 1 N–H and O–H groups in total. The van der Waals surface area contributed by atoms with Crippen LogP contribution in [0.15, 0.2) is 48.0 Å². The Morgan fingerprint density at radius 2 is 1.86 bits per heavy atom. The monoisotopic (exact) mass is 330 g/mol. The van der Waals surface area contributed by atoms with E-state index in [1.165, 1.54) is 6.08 Å². The Kier molecular flexibility index (Phi) is 5.21. The number of carbonyl (C=O) groups is 1. The van der Waals surface area contributed by atoms with Crippen LogP contribution in [0.4, 0.5) is 5.69 Å². The molecule has 2 aromatic carbocycles. The van der Waals surface area contributed by atoms with Crippen LogP contribution in [0.25, 0.3) is 6.08 Å². The van der Waals surface area contributed by atoms with Crippen molar-refractivity contribution in [3.05, 3.63) is 69.2 Å². The van der Waals surface area contributed by atoms with Crippen molar-refractivity contribution in [3.8, 4) is 6.07 Å². The summed E-state index contributed by atoms with van der Waals surface area (Å²) in [6, 6.07) is 14.2. The molecule has 0 aliphatic carbocycles. The average Bonchev–Trinajstić information content (AvgIpc) is 2.51. The minimum absolute atomic E-state index is 0.0512. The summed E-state index contributed by atoms with van der Waals surface area (Å²) in [4.78, 5) is 12.2. The van der Waals surface area contributed by atoms with E-state index in [-0.39, 0.29) is 5.57 Å². The molecule has 0 unspecified atom stereocenters. The number of rotatable bonds is 3. The Labute approximate surface area is 138 Å². The molecule has 0 heterocycles. The van der Waals surface area contributed by atoms with Crippen molar-refractivity contribution >= 4 is 40.9 Å². The van der Waals surface area contributed by atoms with Crippen LogP contribution in [0.1, 0.15) is 11.1 Å². The molecule has 2 aromatic rings. The van der Waals surface area contributed by atoms with Crippen LogP contribution in [-0.2, 0) is 4.79 Å². The minimum atomic E-state index is -0.498. The lowest BCUT2D eigenvalue weighted by molar-refractivity contribution is -0.112. The molecule has 0 radical (unpaired) electrons. The lowest BCUT2D eigenvalue weighted by atomic mass is 10.1. The lowest BCUT2D eigenvalue weighted by Gasteiger charge is -2.05. The number of nitrogens with zero attached hydrogens (tertiary/aromatic N) is 1. The lowest BCUT2D eigenvalue weighted by Crippen LogP contribution is -2.13. The summed E-state index contributed by atoms with van der Waals surface area (Å²) >= 11 is 12.0. The van der Waals surface area contributed by atoms with E-state index < -0.39 is 5.91 Å². The number of carbonyl (C=O) groups excluding carboxylic acids is 1. The van der Waals surface area contributed by atoms with E-state index in [0.717, 1.165) is 5.56 Å². The molecule has 3 nitrogen and oxygen atoms in total. The maximum atomic E-state index is 12.2. The Morgan fingerprint density at radius 3 is 2.50 bits per heavy atom. The summed E-state index contributed by atoms with van der Waals surface area (Å²) in [5.74, 6) is -0.498. The molecular formula is C17H12Cl2N2O. The van der Waals surface area contributed by atoms with Crippen LogP contribution >= 0.6 is 23.2 Å². The Bertz CT molecular complexity index is 774. The van der Waals surface area contributed by atoms with Gasteiger partial charge >= 0.3 is 0 Å². The zero-order valence-corrected chi connectivity index (χ0v) is 13.2. The van der Waals surface area contributed by atoms with Gasteiger partial charge < -0.3 is 5.32 Å². The van der Waals surface area contributed by atoms with Gasteiger partial charge in [-0.3, -0.25) is 4.79 Å². The van der Waals surface area contributed by atoms with Crippen molar-refractivity contribution in [1.82, 2.24) is 0 Å². The van der Waals surface area contributed by atoms with Crippen molar-refractivity contribution in [3.63, 3.8) is 0 Å². The molecule has 0 atom stereocenters. The average molecular weight is 331 g/mol. The van der Waals surface area contributed by atoms with Gasteiger partial charge in [-0.1, -0.05) is 53.0 Å². The number of halogens is 2. The highest BCUT2D eigenvalue weighted by atomic mass is 35.5. The highest BCUT2D eigenvalue weighted by Crippen LogP contribution is 2.27. The molecule has 22 heavy (non-hydrogen) atoms. The molecule has 0 aliphatic heterocycles. The van der Waals surface area contributed by atoms with E-state index in [1.807, 2.05) is 25.1 Å². The van der Waals surface area contributed by atoms with E-state index >= 15 is 0 Å². The molecule has 2 rings (SSSR count). The Balaban J connectivity index is 2.26. The van der Waals surface area contributed by atoms with E-state index in [9.17, 15) is 10.1 Å². The third-order valence-corrected chi connectivity index (χ3v) is 3.79. The van der Waals surface area contributed by atoms with Crippen LogP contribution in [-0.4, -0.2) is 5.91 Å². The zero-order chi connectivity index (χ0) is 16.1. The molecule has 0 bridgehead atoms. The third kappa shape index (κ3) is 3.88. The first-order valence-electron chi connectivity index (χ1n) is 6.45. The summed E-state index contributed by atoms with van der Waals surface area (Å²) in [5, 5.41) is 12.5. The van der Waals surface area contributed by atoms with Crippen LogP contribution in [0.2, 0.25) is 10.0 Å². The van der Waals surface area contributed by atoms with Gasteiger partial charge in [0, 0.05) is 5.69 Å². The van der Waals surface area contributed by atoms with Crippen molar-refractivity contribution in [1.29, 1.82) is 5.26 Å². The second kappa shape index (κ2) is 7.13. The molecule has 110 valence electrons. The molecule has 0 saturated heterocycles. The first kappa shape index (κ1) is 16.1. The van der Waals surface area contributed by atoms with Crippen molar-refractivity contribution in [2.24, 2.45) is 0 Å².